The summed E-state index contributed by atoms with van der Waals surface area (Å²) in [7, 11) is 1.65. The van der Waals surface area contributed by atoms with Crippen LogP contribution >= 0.6 is 0 Å². The number of amides is 2. The van der Waals surface area contributed by atoms with Crippen molar-refractivity contribution < 1.29 is 28.2 Å². The van der Waals surface area contributed by atoms with Crippen molar-refractivity contribution in [3.8, 4) is 5.75 Å². The minimum absolute atomic E-state index is 0.0746. The van der Waals surface area contributed by atoms with Crippen LogP contribution in [-0.4, -0.2) is 97.5 Å². The Labute approximate surface area is 296 Å². The Hall–Kier alpha value is -4.47. The maximum atomic E-state index is 15.7. The molecule has 1 aromatic heterocycles. The van der Waals surface area contributed by atoms with Gasteiger partial charge >= 0.3 is 6.03 Å². The van der Waals surface area contributed by atoms with Gasteiger partial charge in [-0.2, -0.15) is 5.10 Å². The van der Waals surface area contributed by atoms with E-state index in [4.69, 9.17) is 9.47 Å². The molecule has 4 aromatic rings. The van der Waals surface area contributed by atoms with E-state index in [0.717, 1.165) is 22.9 Å². The van der Waals surface area contributed by atoms with Crippen molar-refractivity contribution in [3.63, 3.8) is 0 Å². The highest BCUT2D eigenvalue weighted by Crippen LogP contribution is 2.48. The number of rotatable bonds is 11. The maximum absolute atomic E-state index is 15.7. The fourth-order valence-electron chi connectivity index (χ4n) is 7.99. The van der Waals surface area contributed by atoms with Gasteiger partial charge in [0, 0.05) is 43.2 Å². The molecule has 0 bridgehead atoms. The average molecular weight is 703 g/mol. The van der Waals surface area contributed by atoms with Crippen LogP contribution in [0.1, 0.15) is 55.6 Å². The number of urea groups is 1. The standard InChI is InChI=1S/C37H44F2N8O4/c1-4-32(25(2)48)46-36(49)45(28-19-37(51-21-28,22-43-24-41-23-42-43)30-15-14-27(38)18-31(30)39)35(26-10-6-5-7-11-26)47(46)44-17-16-40-20-33(44)29-12-8-9-13-34(29)50-3/h5-15,18,23-25,28,32-33,35,40,48H,4,16-17,19-22H2,1-3H3/t25-,28?,32?,33?,35?,37?/m0/s1. The van der Waals surface area contributed by atoms with Crippen LogP contribution in [0.25, 0.3) is 0 Å². The molecule has 3 fully saturated rings. The summed E-state index contributed by atoms with van der Waals surface area (Å²) in [5.74, 6) is -0.712. The summed E-state index contributed by atoms with van der Waals surface area (Å²) >= 11 is 0. The largest absolute Gasteiger partial charge is 0.496 e. The average Bonchev–Trinajstić information content (AvgIpc) is 3.88. The molecule has 2 amide bonds. The van der Waals surface area contributed by atoms with Crippen LogP contribution in [0.3, 0.4) is 0 Å². The van der Waals surface area contributed by atoms with Crippen LogP contribution < -0.4 is 10.1 Å². The molecule has 14 heteroatoms. The van der Waals surface area contributed by atoms with E-state index in [-0.39, 0.29) is 37.2 Å². The summed E-state index contributed by atoms with van der Waals surface area (Å²) in [6.45, 7) is 5.63. The minimum Gasteiger partial charge on any atom is -0.496 e. The van der Waals surface area contributed by atoms with Gasteiger partial charge in [0.05, 0.1) is 44.5 Å². The van der Waals surface area contributed by atoms with Crippen LogP contribution in [0, 0.1) is 11.6 Å². The third-order valence-corrected chi connectivity index (χ3v) is 10.3. The Morgan fingerprint density at radius 1 is 1.12 bits per heavy atom. The zero-order valence-corrected chi connectivity index (χ0v) is 29.0. The van der Waals surface area contributed by atoms with Gasteiger partial charge < -0.3 is 19.9 Å². The lowest BCUT2D eigenvalue weighted by atomic mass is 9.88. The number of aromatic nitrogens is 3. The van der Waals surface area contributed by atoms with Crippen molar-refractivity contribution >= 4 is 6.03 Å². The smallest absolute Gasteiger partial charge is 0.338 e. The molecule has 4 heterocycles. The number of piperazine rings is 1. The number of hydrogen-bond acceptors (Lipinski definition) is 9. The number of aliphatic hydroxyl groups is 1. The van der Waals surface area contributed by atoms with E-state index in [9.17, 15) is 9.50 Å². The van der Waals surface area contributed by atoms with Crippen molar-refractivity contribution in [1.82, 2.24) is 40.1 Å². The predicted molar refractivity (Wildman–Crippen MR) is 184 cm³/mol. The Kier molecular flexibility index (Phi) is 10.0. The van der Waals surface area contributed by atoms with E-state index in [1.165, 1.54) is 24.8 Å². The number of methoxy groups -OCH3 is 1. The summed E-state index contributed by atoms with van der Waals surface area (Å²) in [4.78, 5) is 21.1. The number of carbonyl (C=O) groups is 1. The molecule has 0 aliphatic carbocycles. The summed E-state index contributed by atoms with van der Waals surface area (Å²) in [5.41, 5.74) is 0.692. The second-order valence-corrected chi connectivity index (χ2v) is 13.4. The SMILES string of the molecule is CCC([C@H](C)O)N1C(=O)N(C2COC(Cn3cncn3)(c3ccc(F)cc3F)C2)C(c2ccccc2)N1N1CCNCC1c1ccccc1OC. The highest BCUT2D eigenvalue weighted by Gasteiger charge is 2.57. The summed E-state index contributed by atoms with van der Waals surface area (Å²) < 4.78 is 43.8. The van der Waals surface area contributed by atoms with Gasteiger partial charge in [-0.1, -0.05) is 61.5 Å². The van der Waals surface area contributed by atoms with E-state index in [2.05, 4.69) is 20.4 Å². The molecule has 3 aliphatic heterocycles. The number of hydrogen-bond donors (Lipinski definition) is 2. The molecule has 3 saturated heterocycles. The first-order chi connectivity index (χ1) is 24.8. The molecule has 0 saturated carbocycles. The minimum atomic E-state index is -1.29. The van der Waals surface area contributed by atoms with Crippen molar-refractivity contribution in [2.45, 2.75) is 69.2 Å². The second-order valence-electron chi connectivity index (χ2n) is 13.4. The molecule has 12 nitrogen and oxygen atoms in total. The number of halogens is 2. The number of ether oxygens (including phenoxy) is 2. The van der Waals surface area contributed by atoms with Gasteiger partial charge in [0.1, 0.15) is 41.8 Å². The second kappa shape index (κ2) is 14.6. The van der Waals surface area contributed by atoms with E-state index in [1.54, 1.807) is 23.7 Å². The fraction of sp³-hybridized carbons (Fsp3) is 0.432. The quantitative estimate of drug-likeness (QED) is 0.231. The molecule has 0 radical (unpaired) electrons. The van der Waals surface area contributed by atoms with Gasteiger partial charge in [0.2, 0.25) is 0 Å². The Morgan fingerprint density at radius 2 is 1.90 bits per heavy atom. The molecule has 2 N–H and O–H groups in total. The van der Waals surface area contributed by atoms with Gasteiger partial charge in [-0.15, -0.1) is 5.12 Å². The van der Waals surface area contributed by atoms with Gasteiger partial charge in [0.25, 0.3) is 0 Å². The number of para-hydroxylation sites is 1. The maximum Gasteiger partial charge on any atom is 0.338 e. The van der Waals surface area contributed by atoms with Gasteiger partial charge in [0.15, 0.2) is 0 Å². The molecule has 3 aliphatic rings. The van der Waals surface area contributed by atoms with Crippen LogP contribution in [0.5, 0.6) is 5.75 Å². The van der Waals surface area contributed by atoms with Gasteiger partial charge in [-0.25, -0.2) is 33.3 Å². The lowest BCUT2D eigenvalue weighted by molar-refractivity contribution is -0.224. The van der Waals surface area contributed by atoms with Crippen molar-refractivity contribution in [2.24, 2.45) is 0 Å². The molecule has 3 aromatic carbocycles. The molecule has 270 valence electrons. The first-order valence-electron chi connectivity index (χ1n) is 17.4. The van der Waals surface area contributed by atoms with Crippen LogP contribution in [0.2, 0.25) is 0 Å². The van der Waals surface area contributed by atoms with Crippen molar-refractivity contribution in [2.75, 3.05) is 33.4 Å². The van der Waals surface area contributed by atoms with Crippen molar-refractivity contribution in [1.29, 1.82) is 0 Å². The molecular weight excluding hydrogens is 658 g/mol. The molecule has 51 heavy (non-hydrogen) atoms. The van der Waals surface area contributed by atoms with E-state index < -0.39 is 41.6 Å². The number of aliphatic hydroxyl groups excluding tert-OH is 1. The normalized spacial score (nSPS) is 25.8. The summed E-state index contributed by atoms with van der Waals surface area (Å²) in [6, 6.07) is 19.5. The third-order valence-electron chi connectivity index (χ3n) is 10.3. The first-order valence-corrected chi connectivity index (χ1v) is 17.4. The number of nitrogens with one attached hydrogen (secondary N) is 1. The van der Waals surface area contributed by atoms with Crippen LogP contribution in [0.4, 0.5) is 13.6 Å². The number of hydrazine groups is 2. The lowest BCUT2D eigenvalue weighted by Gasteiger charge is -2.48. The van der Waals surface area contributed by atoms with E-state index in [1.807, 2.05) is 71.5 Å². The van der Waals surface area contributed by atoms with E-state index >= 15 is 9.18 Å². The summed E-state index contributed by atoms with van der Waals surface area (Å²) in [5, 5.41) is 24.9. The number of carbonyl (C=O) groups excluding carboxylic acids is 1. The molecule has 5 unspecified atom stereocenters. The Morgan fingerprint density at radius 3 is 2.61 bits per heavy atom. The van der Waals surface area contributed by atoms with Crippen LogP contribution in [0.15, 0.2) is 85.5 Å². The van der Waals surface area contributed by atoms with Gasteiger partial charge in [-0.05, 0) is 31.0 Å². The molecule has 6 atom stereocenters. The topological polar surface area (TPSA) is 111 Å². The Balaban J connectivity index is 1.36. The highest BCUT2D eigenvalue weighted by molar-refractivity contribution is 5.77. The number of benzene rings is 3. The van der Waals surface area contributed by atoms with Gasteiger partial charge in [-0.3, -0.25) is 4.90 Å². The lowest BCUT2D eigenvalue weighted by Crippen LogP contribution is -2.61. The van der Waals surface area contributed by atoms with E-state index in [0.29, 0.717) is 26.1 Å². The Bertz CT molecular complexity index is 1800. The van der Waals surface area contributed by atoms with Crippen LogP contribution in [-0.2, 0) is 16.9 Å². The monoisotopic (exact) mass is 702 g/mol. The zero-order chi connectivity index (χ0) is 35.7. The summed E-state index contributed by atoms with van der Waals surface area (Å²) in [6.07, 6.45) is 2.07. The molecule has 0 spiro atoms. The zero-order valence-electron chi connectivity index (χ0n) is 29.0. The molecular formula is C37H44F2N8O4. The predicted octanol–water partition coefficient (Wildman–Crippen LogP) is 4.62. The highest BCUT2D eigenvalue weighted by atomic mass is 19.1. The number of nitrogens with zero attached hydrogens (tertiary/aromatic N) is 7. The molecule has 7 rings (SSSR count). The fourth-order valence-corrected chi connectivity index (χ4v) is 7.99. The third kappa shape index (κ3) is 6.46. The van der Waals surface area contributed by atoms with Crippen molar-refractivity contribution in [3.05, 3.63) is 114 Å². The first kappa shape index (κ1) is 35.0.